The molecule has 0 saturated carbocycles. The van der Waals surface area contributed by atoms with Crippen LogP contribution in [0.3, 0.4) is 0 Å². The van der Waals surface area contributed by atoms with Crippen LogP contribution < -0.4 is 63.3 Å². The normalized spacial score (nSPS) is 12.4. The molecule has 0 saturated heterocycles. The second kappa shape index (κ2) is 7.77. The fourth-order valence-corrected chi connectivity index (χ4v) is 0.118. The summed E-state index contributed by atoms with van der Waals surface area (Å²) in [5.74, 6) is 0.380. The van der Waals surface area contributed by atoms with Crippen LogP contribution in [0.1, 0.15) is 20.3 Å². The third kappa shape index (κ3) is 7.77. The van der Waals surface area contributed by atoms with Gasteiger partial charge in [0.2, 0.25) is 0 Å². The Kier molecular flexibility index (Phi) is 12.8. The minimum Gasteiger partial charge on any atom is -0.854 e. The van der Waals surface area contributed by atoms with E-state index in [1.54, 1.807) is 0 Å². The monoisotopic (exact) mass is 172 g/mol. The van der Waals surface area contributed by atoms with E-state index in [1.807, 2.05) is 13.8 Å². The SMILES string of the molecule is CCC(C)C[O-].[Rb+]. The summed E-state index contributed by atoms with van der Waals surface area (Å²) >= 11 is 0. The van der Waals surface area contributed by atoms with Crippen LogP contribution >= 0.6 is 0 Å². The zero-order valence-corrected chi connectivity index (χ0v) is 10.3. The molecule has 1 nitrogen and oxygen atoms in total. The first-order valence-corrected chi connectivity index (χ1v) is 2.39. The van der Waals surface area contributed by atoms with Gasteiger partial charge in [-0.1, -0.05) is 26.2 Å². The van der Waals surface area contributed by atoms with Gasteiger partial charge in [-0.15, -0.1) is 6.61 Å². The summed E-state index contributed by atoms with van der Waals surface area (Å²) in [5.41, 5.74) is 0. The van der Waals surface area contributed by atoms with Gasteiger partial charge in [0, 0.05) is 0 Å². The maximum atomic E-state index is 9.86. The van der Waals surface area contributed by atoms with Gasteiger partial charge in [-0.05, 0) is 0 Å². The van der Waals surface area contributed by atoms with Crippen molar-refractivity contribution in [1.82, 2.24) is 0 Å². The maximum absolute atomic E-state index is 9.86. The summed E-state index contributed by atoms with van der Waals surface area (Å²) in [6.45, 7) is 4.08. The Morgan fingerprint density at radius 3 is 2.00 bits per heavy atom. The number of rotatable bonds is 2. The Morgan fingerprint density at radius 2 is 2.00 bits per heavy atom. The predicted octanol–water partition coefficient (Wildman–Crippen LogP) is -2.60. The molecule has 0 amide bonds. The third-order valence-corrected chi connectivity index (χ3v) is 0.981. The Morgan fingerprint density at radius 1 is 1.57 bits per heavy atom. The van der Waals surface area contributed by atoms with E-state index in [4.69, 9.17) is 0 Å². The molecule has 1 atom stereocenters. The van der Waals surface area contributed by atoms with E-state index in [2.05, 4.69) is 0 Å². The Bertz CT molecular complexity index is 27.3. The molecule has 0 aliphatic heterocycles. The minimum atomic E-state index is 0. The molecule has 1 unspecified atom stereocenters. The van der Waals surface area contributed by atoms with Gasteiger partial charge >= 0.3 is 58.2 Å². The zero-order valence-electron chi connectivity index (χ0n) is 5.40. The van der Waals surface area contributed by atoms with E-state index in [-0.39, 0.29) is 64.8 Å². The number of hydrogen-bond donors (Lipinski definition) is 0. The van der Waals surface area contributed by atoms with Crippen molar-refractivity contribution >= 4 is 0 Å². The molecule has 7 heavy (non-hydrogen) atoms. The van der Waals surface area contributed by atoms with Crippen molar-refractivity contribution in [2.75, 3.05) is 6.61 Å². The van der Waals surface area contributed by atoms with Gasteiger partial charge in [0.05, 0.1) is 0 Å². The van der Waals surface area contributed by atoms with Gasteiger partial charge in [0.25, 0.3) is 0 Å². The quantitative estimate of drug-likeness (QED) is 0.448. The summed E-state index contributed by atoms with van der Waals surface area (Å²) < 4.78 is 0. The van der Waals surface area contributed by atoms with E-state index < -0.39 is 0 Å². The van der Waals surface area contributed by atoms with Crippen molar-refractivity contribution < 1.29 is 63.3 Å². The van der Waals surface area contributed by atoms with Crippen LogP contribution in [-0.2, 0) is 0 Å². The van der Waals surface area contributed by atoms with E-state index in [9.17, 15) is 5.11 Å². The van der Waals surface area contributed by atoms with Crippen LogP contribution in [0, 0.1) is 5.92 Å². The zero-order chi connectivity index (χ0) is 4.99. The van der Waals surface area contributed by atoms with E-state index in [0.717, 1.165) is 6.42 Å². The van der Waals surface area contributed by atoms with Gasteiger partial charge < -0.3 is 5.11 Å². The van der Waals surface area contributed by atoms with Crippen LogP contribution in [-0.4, -0.2) is 6.61 Å². The molecule has 0 radical (unpaired) electrons. The molecule has 0 aliphatic carbocycles. The van der Waals surface area contributed by atoms with Crippen molar-refractivity contribution in [1.29, 1.82) is 0 Å². The molecular formula is C5H11ORb. The van der Waals surface area contributed by atoms with Crippen LogP contribution in [0.5, 0.6) is 0 Å². The van der Waals surface area contributed by atoms with Crippen molar-refractivity contribution in [2.24, 2.45) is 5.92 Å². The summed E-state index contributed by atoms with van der Waals surface area (Å²) in [7, 11) is 0. The van der Waals surface area contributed by atoms with Crippen LogP contribution in [0.4, 0.5) is 0 Å². The average Bonchev–Trinajstić information content (AvgIpc) is 1.65. The van der Waals surface area contributed by atoms with Crippen LogP contribution in [0.2, 0.25) is 0 Å². The number of hydrogen-bond acceptors (Lipinski definition) is 1. The molecule has 0 bridgehead atoms. The largest absolute Gasteiger partial charge is 1.00 e. The molecule has 0 rings (SSSR count). The second-order valence-corrected chi connectivity index (χ2v) is 1.68. The van der Waals surface area contributed by atoms with Gasteiger partial charge in [0.1, 0.15) is 0 Å². The Hall–Kier alpha value is 1.77. The molecule has 0 aliphatic rings. The van der Waals surface area contributed by atoms with E-state index in [1.165, 1.54) is 0 Å². The molecule has 2 heteroatoms. The first-order valence-electron chi connectivity index (χ1n) is 2.39. The molecule has 0 spiro atoms. The van der Waals surface area contributed by atoms with E-state index in [0.29, 0.717) is 5.92 Å². The van der Waals surface area contributed by atoms with Crippen LogP contribution in [0.25, 0.3) is 0 Å². The van der Waals surface area contributed by atoms with Gasteiger partial charge in [-0.25, -0.2) is 0 Å². The van der Waals surface area contributed by atoms with E-state index >= 15 is 0 Å². The van der Waals surface area contributed by atoms with Crippen molar-refractivity contribution in [3.63, 3.8) is 0 Å². The van der Waals surface area contributed by atoms with Gasteiger partial charge in [0.15, 0.2) is 0 Å². The van der Waals surface area contributed by atoms with Crippen molar-refractivity contribution in [2.45, 2.75) is 20.3 Å². The minimum absolute atomic E-state index is 0. The van der Waals surface area contributed by atoms with Gasteiger partial charge in [-0.2, -0.15) is 0 Å². The molecule has 0 aromatic heterocycles. The average molecular weight is 173 g/mol. The molecule has 0 fully saturated rings. The topological polar surface area (TPSA) is 23.1 Å². The maximum Gasteiger partial charge on any atom is 1.00 e. The fourth-order valence-electron chi connectivity index (χ4n) is 0.118. The first-order chi connectivity index (χ1) is 2.81. The fraction of sp³-hybridized carbons (Fsp3) is 1.00. The molecule has 38 valence electrons. The standard InChI is InChI=1S/C5H11O.Rb/c1-3-5(2)4-6;/h5H,3-4H2,1-2H3;/q-1;+1. The molecule has 0 aromatic carbocycles. The molecule has 0 aromatic rings. The third-order valence-electron chi connectivity index (χ3n) is 0.981. The van der Waals surface area contributed by atoms with Crippen LogP contribution in [0.15, 0.2) is 0 Å². The molecule has 0 N–H and O–H groups in total. The summed E-state index contributed by atoms with van der Waals surface area (Å²) in [5, 5.41) is 9.86. The first kappa shape index (κ1) is 11.5. The summed E-state index contributed by atoms with van der Waals surface area (Å²) in [6.07, 6.45) is 1.02. The summed E-state index contributed by atoms with van der Waals surface area (Å²) in [4.78, 5) is 0. The summed E-state index contributed by atoms with van der Waals surface area (Å²) in [6, 6.07) is 0. The van der Waals surface area contributed by atoms with Crippen molar-refractivity contribution in [3.8, 4) is 0 Å². The predicted molar refractivity (Wildman–Crippen MR) is 24.3 cm³/mol. The van der Waals surface area contributed by atoms with Gasteiger partial charge in [-0.3, -0.25) is 0 Å². The molecular weight excluding hydrogens is 162 g/mol. The molecule has 0 heterocycles. The Balaban J connectivity index is 0. The smallest absolute Gasteiger partial charge is 0.854 e. The van der Waals surface area contributed by atoms with Crippen molar-refractivity contribution in [3.05, 3.63) is 0 Å². The second-order valence-electron chi connectivity index (χ2n) is 1.68. The Labute approximate surface area is 94.3 Å².